The summed E-state index contributed by atoms with van der Waals surface area (Å²) in [6.45, 7) is 1.26. The lowest BCUT2D eigenvalue weighted by Gasteiger charge is -2.07. The van der Waals surface area contributed by atoms with Crippen molar-refractivity contribution in [1.29, 1.82) is 0 Å². The summed E-state index contributed by atoms with van der Waals surface area (Å²) in [6.07, 6.45) is 0. The molecule has 0 saturated heterocycles. The van der Waals surface area contributed by atoms with Gasteiger partial charge in [-0.3, -0.25) is 14.9 Å². The van der Waals surface area contributed by atoms with E-state index >= 15 is 0 Å². The van der Waals surface area contributed by atoms with E-state index in [4.69, 9.17) is 13.9 Å². The average molecular weight is 366 g/mol. The van der Waals surface area contributed by atoms with E-state index in [1.165, 1.54) is 14.0 Å². The first-order valence-electron chi connectivity index (χ1n) is 8.13. The second-order valence-electron chi connectivity index (χ2n) is 5.66. The molecule has 138 valence electrons. The maximum atomic E-state index is 12.5. The fourth-order valence-corrected chi connectivity index (χ4v) is 2.54. The normalized spacial score (nSPS) is 11.3. The third-order valence-corrected chi connectivity index (χ3v) is 3.80. The Kier molecular flexibility index (Phi) is 5.21. The molecule has 0 bridgehead atoms. The predicted octanol–water partition coefficient (Wildman–Crippen LogP) is 2.96. The summed E-state index contributed by atoms with van der Waals surface area (Å²) in [5.41, 5.74) is 1.20. The lowest BCUT2D eigenvalue weighted by Crippen LogP contribution is -2.32. The van der Waals surface area contributed by atoms with Crippen LogP contribution in [0.2, 0.25) is 0 Å². The number of amides is 2. The number of carbonyl (C=O) groups excluding carboxylic acids is 2. The highest BCUT2D eigenvalue weighted by molar-refractivity contribution is 6.05. The van der Waals surface area contributed by atoms with Gasteiger partial charge >= 0.3 is 0 Å². The zero-order valence-electron chi connectivity index (χ0n) is 15.1. The van der Waals surface area contributed by atoms with Crippen molar-refractivity contribution in [3.05, 3.63) is 59.6 Å². The topological polar surface area (TPSA) is 90.1 Å². The minimum Gasteiger partial charge on any atom is -0.497 e. The molecular weight excluding hydrogens is 348 g/mol. The lowest BCUT2D eigenvalue weighted by molar-refractivity contribution is -0.118. The Morgan fingerprint density at radius 2 is 1.81 bits per heavy atom. The summed E-state index contributed by atoms with van der Waals surface area (Å²) >= 11 is 0. The molecule has 0 aliphatic carbocycles. The van der Waals surface area contributed by atoms with E-state index in [1.54, 1.807) is 49.6 Å². The molecule has 0 aliphatic heterocycles. The third-order valence-electron chi connectivity index (χ3n) is 3.80. The van der Waals surface area contributed by atoms with E-state index in [0.717, 1.165) is 0 Å². The van der Waals surface area contributed by atoms with Crippen LogP contribution >= 0.6 is 0 Å². The van der Waals surface area contributed by atoms with E-state index in [2.05, 4.69) is 10.3 Å². The molecule has 3 aromatic rings. The minimum atomic E-state index is -0.607. The highest BCUT2D eigenvalue weighted by atomic mass is 16.5. The molecule has 0 spiro atoms. The lowest BCUT2D eigenvalue weighted by atomic mass is 10.1. The van der Waals surface area contributed by atoms with E-state index in [0.29, 0.717) is 28.2 Å². The summed E-state index contributed by atoms with van der Waals surface area (Å²) in [7, 11) is 3.08. The molecule has 7 heteroatoms. The van der Waals surface area contributed by atoms with Gasteiger partial charge in [0, 0.05) is 12.3 Å². The Bertz CT molecular complexity index is 1090. The number of hydrogen-bond donors (Lipinski definition) is 1. The van der Waals surface area contributed by atoms with Crippen molar-refractivity contribution in [2.24, 2.45) is 4.99 Å². The van der Waals surface area contributed by atoms with Crippen molar-refractivity contribution in [2.75, 3.05) is 14.2 Å². The number of hydrogen-bond acceptors (Lipinski definition) is 6. The van der Waals surface area contributed by atoms with Crippen LogP contribution < -0.4 is 20.3 Å². The first-order chi connectivity index (χ1) is 13.0. The fraction of sp³-hybridized carbons (Fsp3) is 0.150. The van der Waals surface area contributed by atoms with Gasteiger partial charge in [-0.1, -0.05) is 12.1 Å². The maximum absolute atomic E-state index is 12.5. The van der Waals surface area contributed by atoms with Crippen LogP contribution in [0.1, 0.15) is 17.3 Å². The Labute approximate surface area is 155 Å². The number of imide groups is 1. The number of ether oxygens (including phenoxy) is 2. The van der Waals surface area contributed by atoms with Gasteiger partial charge in [0.25, 0.3) is 5.91 Å². The summed E-state index contributed by atoms with van der Waals surface area (Å²) < 4.78 is 16.3. The molecule has 2 aromatic carbocycles. The molecule has 27 heavy (non-hydrogen) atoms. The molecule has 7 nitrogen and oxygen atoms in total. The van der Waals surface area contributed by atoms with Crippen LogP contribution in [0.4, 0.5) is 5.69 Å². The summed E-state index contributed by atoms with van der Waals surface area (Å²) in [4.78, 5) is 28.3. The highest BCUT2D eigenvalue weighted by Crippen LogP contribution is 2.26. The van der Waals surface area contributed by atoms with Gasteiger partial charge < -0.3 is 13.9 Å². The van der Waals surface area contributed by atoms with Gasteiger partial charge in [0.1, 0.15) is 28.3 Å². The molecule has 0 unspecified atom stereocenters. The van der Waals surface area contributed by atoms with Gasteiger partial charge in [0.2, 0.25) is 11.5 Å². The second-order valence-corrected chi connectivity index (χ2v) is 5.66. The number of carbonyl (C=O) groups is 2. The first kappa shape index (κ1) is 18.2. The number of benzene rings is 2. The molecule has 0 radical (unpaired) electrons. The Hall–Kier alpha value is -3.61. The second kappa shape index (κ2) is 7.74. The number of rotatable bonds is 4. The van der Waals surface area contributed by atoms with Gasteiger partial charge in [-0.05, 0) is 36.4 Å². The summed E-state index contributed by atoms with van der Waals surface area (Å²) in [6, 6.07) is 13.9. The van der Waals surface area contributed by atoms with Gasteiger partial charge in [-0.25, -0.2) is 4.99 Å². The predicted molar refractivity (Wildman–Crippen MR) is 99.1 cm³/mol. The van der Waals surface area contributed by atoms with Gasteiger partial charge in [-0.2, -0.15) is 0 Å². The fourth-order valence-electron chi connectivity index (χ4n) is 2.54. The van der Waals surface area contributed by atoms with Crippen LogP contribution in [0.5, 0.6) is 11.5 Å². The molecule has 0 fully saturated rings. The molecule has 1 heterocycles. The van der Waals surface area contributed by atoms with E-state index in [9.17, 15) is 9.59 Å². The van der Waals surface area contributed by atoms with Crippen molar-refractivity contribution in [1.82, 2.24) is 5.32 Å². The molecular formula is C20H18N2O5. The monoisotopic (exact) mass is 366 g/mol. The molecule has 0 aliphatic rings. The van der Waals surface area contributed by atoms with Crippen molar-refractivity contribution in [3.8, 4) is 11.5 Å². The molecule has 1 N–H and O–H groups in total. The Morgan fingerprint density at radius 1 is 1.04 bits per heavy atom. The van der Waals surface area contributed by atoms with E-state index < -0.39 is 11.8 Å². The van der Waals surface area contributed by atoms with Crippen LogP contribution in [0.25, 0.3) is 11.0 Å². The van der Waals surface area contributed by atoms with Crippen LogP contribution in [0, 0.1) is 0 Å². The van der Waals surface area contributed by atoms with Crippen LogP contribution in [0.3, 0.4) is 0 Å². The van der Waals surface area contributed by atoms with Crippen molar-refractivity contribution in [2.45, 2.75) is 6.92 Å². The first-order valence-corrected chi connectivity index (χ1v) is 8.13. The van der Waals surface area contributed by atoms with E-state index in [-0.39, 0.29) is 11.1 Å². The van der Waals surface area contributed by atoms with Gasteiger partial charge in [0.15, 0.2) is 0 Å². The highest BCUT2D eigenvalue weighted by Gasteiger charge is 2.15. The number of nitrogens with one attached hydrogen (secondary N) is 1. The van der Waals surface area contributed by atoms with Crippen LogP contribution in [-0.4, -0.2) is 26.0 Å². The zero-order chi connectivity index (χ0) is 19.4. The number of para-hydroxylation sites is 2. The number of nitrogens with zero attached hydrogens (tertiary/aromatic N) is 1. The van der Waals surface area contributed by atoms with Crippen molar-refractivity contribution < 1.29 is 23.5 Å². The zero-order valence-corrected chi connectivity index (χ0v) is 15.1. The van der Waals surface area contributed by atoms with Crippen LogP contribution in [-0.2, 0) is 4.79 Å². The molecule has 0 saturated carbocycles. The molecule has 3 rings (SSSR count). The van der Waals surface area contributed by atoms with Gasteiger partial charge in [-0.15, -0.1) is 0 Å². The molecule has 2 amide bonds. The summed E-state index contributed by atoms with van der Waals surface area (Å²) in [5.74, 6) is 0.0593. The van der Waals surface area contributed by atoms with Crippen molar-refractivity contribution in [3.63, 3.8) is 0 Å². The molecule has 0 atom stereocenters. The summed E-state index contributed by atoms with van der Waals surface area (Å²) in [5, 5.41) is 2.89. The standard InChI is InChI=1S/C20H18N2O5/c1-12(23)21-19(24)15-11-13-10-14(25-2)8-9-17(13)27-20(15)22-16-6-4-5-7-18(16)26-3/h4-11H,1-3H3,(H,21,23,24). The Balaban J connectivity index is 2.26. The number of methoxy groups -OCH3 is 2. The largest absolute Gasteiger partial charge is 0.497 e. The minimum absolute atomic E-state index is 0.0657. The maximum Gasteiger partial charge on any atom is 0.263 e. The quantitative estimate of drug-likeness (QED) is 0.767. The average Bonchev–Trinajstić information content (AvgIpc) is 2.67. The number of fused-ring (bicyclic) bond motifs is 1. The molecule has 1 aromatic heterocycles. The SMILES string of the molecule is COc1ccc2oc(=Nc3ccccc3OC)c(C(=O)NC(C)=O)cc2c1. The Morgan fingerprint density at radius 3 is 2.52 bits per heavy atom. The third kappa shape index (κ3) is 3.98. The van der Waals surface area contributed by atoms with E-state index in [1.807, 2.05) is 6.07 Å². The van der Waals surface area contributed by atoms with Crippen molar-refractivity contribution >= 4 is 28.5 Å². The smallest absolute Gasteiger partial charge is 0.263 e. The van der Waals surface area contributed by atoms with Gasteiger partial charge in [0.05, 0.1) is 14.2 Å². The van der Waals surface area contributed by atoms with Crippen LogP contribution in [0.15, 0.2) is 57.9 Å².